The monoisotopic (exact) mass is 327 g/mol. The smallest absolute Gasteiger partial charge is 0.240 e. The number of sulfonamides is 1. The predicted molar refractivity (Wildman–Crippen MR) is 78.4 cm³/mol. The molecule has 1 heterocycles. The zero-order valence-corrected chi connectivity index (χ0v) is 13.4. The zero-order valence-electron chi connectivity index (χ0n) is 12.6. The van der Waals surface area contributed by atoms with Crippen molar-refractivity contribution in [1.82, 2.24) is 14.9 Å². The van der Waals surface area contributed by atoms with Gasteiger partial charge in [0, 0.05) is 18.9 Å². The molecular weight excluding hydrogens is 309 g/mol. The van der Waals surface area contributed by atoms with Crippen molar-refractivity contribution >= 4 is 10.0 Å². The summed E-state index contributed by atoms with van der Waals surface area (Å²) < 4.78 is 45.2. The number of rotatable bonds is 6. The van der Waals surface area contributed by atoms with Crippen molar-refractivity contribution in [2.24, 2.45) is 0 Å². The van der Waals surface area contributed by atoms with Crippen molar-refractivity contribution in [1.29, 1.82) is 0 Å². The Morgan fingerprint density at radius 3 is 2.64 bits per heavy atom. The van der Waals surface area contributed by atoms with Crippen LogP contribution in [0.1, 0.15) is 37.1 Å². The molecule has 0 aliphatic heterocycles. The van der Waals surface area contributed by atoms with Crippen LogP contribution in [0.5, 0.6) is 0 Å². The Morgan fingerprint density at radius 2 is 2.05 bits per heavy atom. The van der Waals surface area contributed by atoms with Crippen LogP contribution in [-0.4, -0.2) is 25.2 Å². The molecule has 1 aromatic carbocycles. The highest BCUT2D eigenvalue weighted by Gasteiger charge is 2.16. The quantitative estimate of drug-likeness (QED) is 0.879. The molecule has 0 radical (unpaired) electrons. The number of hydrogen-bond acceptors (Lipinski definition) is 5. The number of hydrogen-bond donors (Lipinski definition) is 1. The van der Waals surface area contributed by atoms with Gasteiger partial charge in [0.15, 0.2) is 0 Å². The lowest BCUT2D eigenvalue weighted by molar-refractivity contribution is 0.431. The van der Waals surface area contributed by atoms with Crippen molar-refractivity contribution in [2.75, 3.05) is 6.54 Å². The Bertz CT molecular complexity index is 756. The second-order valence-electron chi connectivity index (χ2n) is 5.25. The lowest BCUT2D eigenvalue weighted by atomic mass is 10.2. The van der Waals surface area contributed by atoms with Crippen molar-refractivity contribution < 1.29 is 17.2 Å². The van der Waals surface area contributed by atoms with Gasteiger partial charge in [-0.1, -0.05) is 13.8 Å². The first-order valence-electron chi connectivity index (χ1n) is 6.87. The van der Waals surface area contributed by atoms with Gasteiger partial charge >= 0.3 is 0 Å². The van der Waals surface area contributed by atoms with Crippen molar-refractivity contribution in [3.63, 3.8) is 0 Å². The Balaban J connectivity index is 1.98. The largest absolute Gasteiger partial charge is 0.425 e. The summed E-state index contributed by atoms with van der Waals surface area (Å²) in [7, 11) is -3.69. The van der Waals surface area contributed by atoms with Crippen LogP contribution < -0.4 is 4.72 Å². The molecule has 6 nitrogen and oxygen atoms in total. The highest BCUT2D eigenvalue weighted by molar-refractivity contribution is 7.89. The number of aryl methyl sites for hydroxylation is 1. The van der Waals surface area contributed by atoms with Gasteiger partial charge in [-0.25, -0.2) is 17.5 Å². The van der Waals surface area contributed by atoms with E-state index in [2.05, 4.69) is 14.9 Å². The van der Waals surface area contributed by atoms with Crippen LogP contribution in [0.4, 0.5) is 4.39 Å². The van der Waals surface area contributed by atoms with Gasteiger partial charge in [-0.3, -0.25) is 0 Å². The molecule has 2 rings (SSSR count). The maximum Gasteiger partial charge on any atom is 0.240 e. The summed E-state index contributed by atoms with van der Waals surface area (Å²) in [6.07, 6.45) is 0.291. The minimum atomic E-state index is -3.69. The predicted octanol–water partition coefficient (Wildman–Crippen LogP) is 2.16. The van der Waals surface area contributed by atoms with E-state index in [9.17, 15) is 12.8 Å². The number of nitrogens with one attached hydrogen (secondary N) is 1. The molecule has 8 heteroatoms. The van der Waals surface area contributed by atoms with E-state index in [1.165, 1.54) is 19.1 Å². The number of halogens is 1. The second kappa shape index (κ2) is 6.53. The average Bonchev–Trinajstić information content (AvgIpc) is 2.90. The maximum absolute atomic E-state index is 13.2. The van der Waals surface area contributed by atoms with Gasteiger partial charge in [0.1, 0.15) is 5.82 Å². The van der Waals surface area contributed by atoms with Crippen LogP contribution in [0.2, 0.25) is 0 Å². The van der Waals surface area contributed by atoms with Gasteiger partial charge in [-0.15, -0.1) is 10.2 Å². The average molecular weight is 327 g/mol. The van der Waals surface area contributed by atoms with E-state index >= 15 is 0 Å². The van der Waals surface area contributed by atoms with Crippen LogP contribution in [-0.2, 0) is 16.4 Å². The van der Waals surface area contributed by atoms with Gasteiger partial charge in [-0.05, 0) is 30.7 Å². The normalized spacial score (nSPS) is 12.0. The minimum Gasteiger partial charge on any atom is -0.425 e. The Labute approximate surface area is 128 Å². The first-order valence-corrected chi connectivity index (χ1v) is 8.36. The van der Waals surface area contributed by atoms with E-state index < -0.39 is 15.8 Å². The molecule has 0 amide bonds. The SMILES string of the molecule is Cc1cc(S(=O)(=O)NCCc2nnc(C(C)C)o2)ccc1F. The summed E-state index contributed by atoms with van der Waals surface area (Å²) in [5, 5.41) is 7.73. The molecule has 1 aromatic heterocycles. The van der Waals surface area contributed by atoms with Gasteiger partial charge in [0.25, 0.3) is 0 Å². The molecule has 0 atom stereocenters. The zero-order chi connectivity index (χ0) is 16.3. The summed E-state index contributed by atoms with van der Waals surface area (Å²) in [5.74, 6) is 0.583. The minimum absolute atomic E-state index is 0.0276. The van der Waals surface area contributed by atoms with E-state index in [4.69, 9.17) is 4.42 Å². The molecule has 0 unspecified atom stereocenters. The molecule has 120 valence electrons. The first-order chi connectivity index (χ1) is 10.3. The van der Waals surface area contributed by atoms with Crippen LogP contribution in [0.25, 0.3) is 0 Å². The molecule has 0 saturated heterocycles. The molecule has 22 heavy (non-hydrogen) atoms. The third kappa shape index (κ3) is 3.89. The summed E-state index contributed by atoms with van der Waals surface area (Å²) in [6.45, 7) is 5.49. The van der Waals surface area contributed by atoms with Crippen molar-refractivity contribution in [2.45, 2.75) is 38.0 Å². The third-order valence-electron chi connectivity index (χ3n) is 3.05. The topological polar surface area (TPSA) is 85.1 Å². The first kappa shape index (κ1) is 16.6. The maximum atomic E-state index is 13.2. The number of nitrogens with zero attached hydrogens (tertiary/aromatic N) is 2. The number of aromatic nitrogens is 2. The van der Waals surface area contributed by atoms with E-state index in [1.807, 2.05) is 13.8 Å². The van der Waals surface area contributed by atoms with Gasteiger partial charge in [0.2, 0.25) is 21.8 Å². The highest BCUT2D eigenvalue weighted by Crippen LogP contribution is 2.15. The van der Waals surface area contributed by atoms with Gasteiger partial charge < -0.3 is 4.42 Å². The molecule has 2 aromatic rings. The van der Waals surface area contributed by atoms with E-state index in [1.54, 1.807) is 0 Å². The Hall–Kier alpha value is -1.80. The van der Waals surface area contributed by atoms with E-state index in [0.29, 0.717) is 18.2 Å². The standard InChI is InChI=1S/C14H18FN3O3S/c1-9(2)14-18-17-13(21-14)6-7-16-22(19,20)11-4-5-12(15)10(3)8-11/h4-5,8-9,16H,6-7H2,1-3H3. The van der Waals surface area contributed by atoms with Crippen LogP contribution in [0.3, 0.4) is 0 Å². The fraction of sp³-hybridized carbons (Fsp3) is 0.429. The highest BCUT2D eigenvalue weighted by atomic mass is 32.2. The number of benzene rings is 1. The molecule has 0 saturated carbocycles. The van der Waals surface area contributed by atoms with Crippen molar-refractivity contribution in [3.8, 4) is 0 Å². The van der Waals surface area contributed by atoms with Gasteiger partial charge in [-0.2, -0.15) is 0 Å². The molecule has 0 bridgehead atoms. The van der Waals surface area contributed by atoms with E-state index in [-0.39, 0.29) is 22.9 Å². The summed E-state index contributed by atoms with van der Waals surface area (Å²) in [4.78, 5) is 0.0276. The Morgan fingerprint density at radius 1 is 1.32 bits per heavy atom. The molecule has 0 fully saturated rings. The Kier molecular flexibility index (Phi) is 4.92. The lowest BCUT2D eigenvalue weighted by Gasteiger charge is -2.06. The van der Waals surface area contributed by atoms with Crippen molar-refractivity contribution in [3.05, 3.63) is 41.4 Å². The lowest BCUT2D eigenvalue weighted by Crippen LogP contribution is -2.26. The molecular formula is C14H18FN3O3S. The second-order valence-corrected chi connectivity index (χ2v) is 7.01. The fourth-order valence-corrected chi connectivity index (χ4v) is 2.88. The molecule has 0 aliphatic rings. The fourth-order valence-electron chi connectivity index (χ4n) is 1.76. The summed E-state index contributed by atoms with van der Waals surface area (Å²) in [6, 6.07) is 3.66. The van der Waals surface area contributed by atoms with Gasteiger partial charge in [0.05, 0.1) is 4.90 Å². The molecule has 1 N–H and O–H groups in total. The van der Waals surface area contributed by atoms with E-state index in [0.717, 1.165) is 6.07 Å². The third-order valence-corrected chi connectivity index (χ3v) is 4.51. The molecule has 0 spiro atoms. The summed E-state index contributed by atoms with van der Waals surface area (Å²) in [5.41, 5.74) is 0.279. The van der Waals surface area contributed by atoms with Crippen LogP contribution in [0, 0.1) is 12.7 Å². The van der Waals surface area contributed by atoms with Crippen LogP contribution in [0.15, 0.2) is 27.5 Å². The van der Waals surface area contributed by atoms with Crippen LogP contribution >= 0.6 is 0 Å². The summed E-state index contributed by atoms with van der Waals surface area (Å²) >= 11 is 0. The molecule has 0 aliphatic carbocycles.